The van der Waals surface area contributed by atoms with Gasteiger partial charge in [0.25, 0.3) is 0 Å². The van der Waals surface area contributed by atoms with Gasteiger partial charge in [0.2, 0.25) is 5.90 Å². The first kappa shape index (κ1) is 19.0. The molecular weight excluding hydrogens is 290 g/mol. The number of benzene rings is 1. The second kappa shape index (κ2) is 8.53. The minimum absolute atomic E-state index is 0.378. The van der Waals surface area contributed by atoms with Crippen LogP contribution < -0.4 is 0 Å². The van der Waals surface area contributed by atoms with Gasteiger partial charge in [-0.1, -0.05) is 47.6 Å². The first-order valence-electron chi connectivity index (χ1n) is 7.65. The Bertz CT molecular complexity index is 525. The van der Waals surface area contributed by atoms with Crippen LogP contribution in [0.15, 0.2) is 60.8 Å². The quantitative estimate of drug-likeness (QED) is 0.325. The predicted octanol–water partition coefficient (Wildman–Crippen LogP) is 3.87. The summed E-state index contributed by atoms with van der Waals surface area (Å²) >= 11 is 0. The fraction of sp³-hybridized carbons (Fsp3) is 0.421. The zero-order valence-electron chi connectivity index (χ0n) is 14.3. The van der Waals surface area contributed by atoms with Crippen molar-refractivity contribution in [2.45, 2.75) is 44.3 Å². The Labute approximate surface area is 139 Å². The van der Waals surface area contributed by atoms with E-state index < -0.39 is 11.2 Å². The van der Waals surface area contributed by atoms with Gasteiger partial charge in [0, 0.05) is 0 Å². The molecule has 1 rings (SSSR count). The van der Waals surface area contributed by atoms with Gasteiger partial charge < -0.3 is 14.7 Å². The molecule has 0 saturated carbocycles. The number of hydrogen-bond acceptors (Lipinski definition) is 4. The van der Waals surface area contributed by atoms with Gasteiger partial charge in [-0.25, -0.2) is 0 Å². The number of hydrogen-bond donors (Lipinski definition) is 1. The first-order chi connectivity index (χ1) is 10.9. The molecule has 0 aromatic heterocycles. The van der Waals surface area contributed by atoms with E-state index in [4.69, 9.17) is 9.57 Å². The van der Waals surface area contributed by atoms with Gasteiger partial charge in [-0.05, 0) is 32.3 Å². The van der Waals surface area contributed by atoms with Crippen molar-refractivity contribution in [3.05, 3.63) is 61.2 Å². The lowest BCUT2D eigenvalue weighted by Crippen LogP contribution is -2.50. The maximum Gasteiger partial charge on any atom is 0.229 e. The number of ether oxygens (including phenoxy) is 1. The summed E-state index contributed by atoms with van der Waals surface area (Å²) in [5.41, 5.74) is -0.983. The van der Waals surface area contributed by atoms with Crippen LogP contribution in [0.4, 0.5) is 0 Å². The Morgan fingerprint density at radius 3 is 2.22 bits per heavy atom. The summed E-state index contributed by atoms with van der Waals surface area (Å²) in [6, 6.07) is 9.86. The maximum atomic E-state index is 10.8. The van der Waals surface area contributed by atoms with Crippen LogP contribution in [-0.2, 0) is 16.0 Å². The van der Waals surface area contributed by atoms with Crippen molar-refractivity contribution in [1.82, 2.24) is 0 Å². The summed E-state index contributed by atoms with van der Waals surface area (Å²) in [5.74, 6) is 0.448. The summed E-state index contributed by atoms with van der Waals surface area (Å²) < 4.78 is 5.29. The van der Waals surface area contributed by atoms with E-state index in [1.165, 1.54) is 0 Å². The van der Waals surface area contributed by atoms with E-state index in [2.05, 4.69) is 18.3 Å². The minimum atomic E-state index is -1.13. The molecule has 0 saturated heterocycles. The Kier molecular flexibility index (Phi) is 7.04. The fourth-order valence-electron chi connectivity index (χ4n) is 2.21. The van der Waals surface area contributed by atoms with Crippen molar-refractivity contribution < 1.29 is 14.7 Å². The molecule has 0 aliphatic heterocycles. The molecule has 126 valence electrons. The Morgan fingerprint density at radius 2 is 1.74 bits per heavy atom. The molecule has 1 N–H and O–H groups in total. The van der Waals surface area contributed by atoms with Crippen molar-refractivity contribution in [1.29, 1.82) is 0 Å². The lowest BCUT2D eigenvalue weighted by molar-refractivity contribution is -0.163. The molecule has 0 bridgehead atoms. The summed E-state index contributed by atoms with van der Waals surface area (Å²) in [4.78, 5) is 5.64. The van der Waals surface area contributed by atoms with Gasteiger partial charge in [-0.3, -0.25) is 0 Å². The smallest absolute Gasteiger partial charge is 0.229 e. The second-order valence-corrected chi connectivity index (χ2v) is 5.97. The Morgan fingerprint density at radius 1 is 1.17 bits per heavy atom. The summed E-state index contributed by atoms with van der Waals surface area (Å²) in [6.07, 6.45) is 4.61. The van der Waals surface area contributed by atoms with Crippen LogP contribution in [0.25, 0.3) is 0 Å². The molecule has 4 nitrogen and oxygen atoms in total. The Hall–Kier alpha value is -2.07. The van der Waals surface area contributed by atoms with Crippen LogP contribution in [-0.4, -0.2) is 29.3 Å². The molecule has 0 aliphatic carbocycles. The largest absolute Gasteiger partial charge is 0.482 e. The van der Waals surface area contributed by atoms with Crippen LogP contribution in [0.5, 0.6) is 0 Å². The van der Waals surface area contributed by atoms with Crippen LogP contribution in [0.3, 0.4) is 0 Å². The van der Waals surface area contributed by atoms with Gasteiger partial charge in [-0.15, -0.1) is 13.2 Å². The van der Waals surface area contributed by atoms with Crippen LogP contribution in [0, 0.1) is 0 Å². The average molecular weight is 317 g/mol. The van der Waals surface area contributed by atoms with E-state index in [0.29, 0.717) is 25.2 Å². The SMILES string of the molecule is C=CCC(O)(CC=C)C(C)(C)O/N=C(/Cc1ccccc1)OC. The van der Waals surface area contributed by atoms with E-state index >= 15 is 0 Å². The van der Waals surface area contributed by atoms with E-state index in [1.54, 1.807) is 33.1 Å². The van der Waals surface area contributed by atoms with Gasteiger partial charge in [0.05, 0.1) is 13.5 Å². The molecule has 1 aromatic rings. The highest BCUT2D eigenvalue weighted by Gasteiger charge is 2.44. The van der Waals surface area contributed by atoms with Crippen LogP contribution in [0.2, 0.25) is 0 Å². The Balaban J connectivity index is 2.88. The lowest BCUT2D eigenvalue weighted by atomic mass is 9.80. The second-order valence-electron chi connectivity index (χ2n) is 5.97. The predicted molar refractivity (Wildman–Crippen MR) is 94.3 cm³/mol. The highest BCUT2D eigenvalue weighted by Crippen LogP contribution is 2.33. The molecule has 23 heavy (non-hydrogen) atoms. The van der Waals surface area contributed by atoms with E-state index in [9.17, 15) is 5.11 Å². The highest BCUT2D eigenvalue weighted by atomic mass is 16.7. The maximum absolute atomic E-state index is 10.8. The van der Waals surface area contributed by atoms with Gasteiger partial charge in [0.15, 0.2) is 5.60 Å². The molecule has 4 heteroatoms. The van der Waals surface area contributed by atoms with Crippen LogP contribution >= 0.6 is 0 Å². The van der Waals surface area contributed by atoms with Gasteiger partial charge in [0.1, 0.15) is 5.60 Å². The number of nitrogens with zero attached hydrogens (tertiary/aromatic N) is 1. The van der Waals surface area contributed by atoms with Crippen molar-refractivity contribution in [3.63, 3.8) is 0 Å². The number of aliphatic hydroxyl groups is 1. The third-order valence-electron chi connectivity index (χ3n) is 3.89. The third-order valence-corrected chi connectivity index (χ3v) is 3.89. The van der Waals surface area contributed by atoms with Gasteiger partial charge in [-0.2, -0.15) is 0 Å². The monoisotopic (exact) mass is 317 g/mol. The molecule has 0 unspecified atom stereocenters. The molecule has 0 heterocycles. The molecule has 0 atom stereocenters. The van der Waals surface area contributed by atoms with Crippen molar-refractivity contribution in [2.75, 3.05) is 7.11 Å². The molecule has 1 aromatic carbocycles. The standard InChI is InChI=1S/C19H27NO3/c1-6-13-19(21,14-7-2)18(3,4)23-20-17(22-5)15-16-11-9-8-10-12-16/h6-12,21H,1-2,13-15H2,3-5H3/b20-17-. The van der Waals surface area contributed by atoms with Crippen molar-refractivity contribution in [2.24, 2.45) is 5.16 Å². The summed E-state index contributed by atoms with van der Waals surface area (Å²) in [6.45, 7) is 11.0. The topological polar surface area (TPSA) is 51.0 Å². The van der Waals surface area contributed by atoms with Crippen LogP contribution in [0.1, 0.15) is 32.3 Å². The molecular formula is C19H27NO3. The number of oxime groups is 1. The first-order valence-corrected chi connectivity index (χ1v) is 7.65. The average Bonchev–Trinajstić information content (AvgIpc) is 2.52. The van der Waals surface area contributed by atoms with Gasteiger partial charge >= 0.3 is 0 Å². The number of rotatable bonds is 9. The molecule has 0 fully saturated rings. The normalized spacial score (nSPS) is 12.6. The fourth-order valence-corrected chi connectivity index (χ4v) is 2.21. The van der Waals surface area contributed by atoms with E-state index in [-0.39, 0.29) is 0 Å². The third kappa shape index (κ3) is 5.25. The summed E-state index contributed by atoms with van der Waals surface area (Å²) in [5, 5.41) is 14.9. The highest BCUT2D eigenvalue weighted by molar-refractivity contribution is 5.78. The molecule has 0 radical (unpaired) electrons. The zero-order chi connectivity index (χ0) is 17.3. The minimum Gasteiger partial charge on any atom is -0.482 e. The molecule has 0 spiro atoms. The molecule has 0 amide bonds. The molecule has 0 aliphatic rings. The number of methoxy groups -OCH3 is 1. The lowest BCUT2D eigenvalue weighted by Gasteiger charge is -2.39. The van der Waals surface area contributed by atoms with E-state index in [1.807, 2.05) is 30.3 Å². The van der Waals surface area contributed by atoms with Crippen molar-refractivity contribution >= 4 is 5.90 Å². The summed E-state index contributed by atoms with van der Waals surface area (Å²) in [7, 11) is 1.55. The van der Waals surface area contributed by atoms with E-state index in [0.717, 1.165) is 5.56 Å². The zero-order valence-corrected chi connectivity index (χ0v) is 14.3. The van der Waals surface area contributed by atoms with Crippen molar-refractivity contribution in [3.8, 4) is 0 Å².